The molecule has 1 aromatic carbocycles. The highest BCUT2D eigenvalue weighted by Crippen LogP contribution is 2.35. The average Bonchev–Trinajstić information content (AvgIpc) is 3.28. The first-order chi connectivity index (χ1) is 11.7. The van der Waals surface area contributed by atoms with Gasteiger partial charge < -0.3 is 4.90 Å². The van der Waals surface area contributed by atoms with Crippen molar-refractivity contribution in [3.05, 3.63) is 34.6 Å². The van der Waals surface area contributed by atoms with Gasteiger partial charge in [0.15, 0.2) is 0 Å². The number of amides is 1. The fraction of sp³-hybridized carbons (Fsp3) is 0.556. The van der Waals surface area contributed by atoms with E-state index >= 15 is 0 Å². The van der Waals surface area contributed by atoms with E-state index in [1.54, 1.807) is 18.2 Å². The van der Waals surface area contributed by atoms with Crippen LogP contribution in [0.15, 0.2) is 29.1 Å². The Kier molecular flexibility index (Phi) is 4.04. The van der Waals surface area contributed by atoms with Gasteiger partial charge in [-0.15, -0.1) is 5.10 Å². The Bertz CT molecular complexity index is 810. The molecule has 2 heterocycles. The molecule has 1 aliphatic carbocycles. The summed E-state index contributed by atoms with van der Waals surface area (Å²) in [5.41, 5.74) is 0.321. The van der Waals surface area contributed by atoms with Gasteiger partial charge in [0.05, 0.1) is 5.39 Å². The molecular formula is C18H22N4O2. The van der Waals surface area contributed by atoms with Gasteiger partial charge in [0, 0.05) is 12.6 Å². The van der Waals surface area contributed by atoms with Crippen molar-refractivity contribution in [2.75, 3.05) is 6.54 Å². The second-order valence-corrected chi connectivity index (χ2v) is 6.91. The molecule has 2 aliphatic rings. The number of rotatable bonds is 3. The second kappa shape index (κ2) is 6.34. The van der Waals surface area contributed by atoms with Crippen molar-refractivity contribution in [1.29, 1.82) is 0 Å². The first kappa shape index (κ1) is 15.3. The number of nitrogens with zero attached hydrogens (tertiary/aromatic N) is 4. The maximum absolute atomic E-state index is 12.8. The van der Waals surface area contributed by atoms with Gasteiger partial charge in [-0.25, -0.2) is 4.68 Å². The Hall–Kier alpha value is -2.24. The van der Waals surface area contributed by atoms with Crippen LogP contribution >= 0.6 is 0 Å². The van der Waals surface area contributed by atoms with Crippen LogP contribution in [0.1, 0.15) is 38.5 Å². The first-order valence-corrected chi connectivity index (χ1v) is 8.86. The van der Waals surface area contributed by atoms with E-state index in [4.69, 9.17) is 0 Å². The third-order valence-electron chi connectivity index (χ3n) is 5.48. The van der Waals surface area contributed by atoms with Crippen LogP contribution in [0.3, 0.4) is 0 Å². The molecule has 6 heteroatoms. The SMILES string of the molecule is O=C(Cn1nnc2ccccc2c1=O)N1CCC[C@@H]1C1CCCC1. The molecule has 0 spiro atoms. The highest BCUT2D eigenvalue weighted by Gasteiger charge is 2.35. The molecule has 0 bridgehead atoms. The third-order valence-corrected chi connectivity index (χ3v) is 5.48. The molecule has 0 radical (unpaired) electrons. The predicted molar refractivity (Wildman–Crippen MR) is 90.5 cm³/mol. The van der Waals surface area contributed by atoms with Gasteiger partial charge in [-0.2, -0.15) is 0 Å². The smallest absolute Gasteiger partial charge is 0.278 e. The van der Waals surface area contributed by atoms with Gasteiger partial charge in [-0.3, -0.25) is 9.59 Å². The van der Waals surface area contributed by atoms with Crippen molar-refractivity contribution in [2.24, 2.45) is 5.92 Å². The van der Waals surface area contributed by atoms with Gasteiger partial charge in [0.2, 0.25) is 5.91 Å². The minimum Gasteiger partial charge on any atom is -0.338 e. The molecule has 1 aromatic heterocycles. The topological polar surface area (TPSA) is 68.1 Å². The van der Waals surface area contributed by atoms with Gasteiger partial charge in [-0.05, 0) is 43.7 Å². The summed E-state index contributed by atoms with van der Waals surface area (Å²) in [6.45, 7) is 0.787. The van der Waals surface area contributed by atoms with E-state index in [0.717, 1.165) is 19.4 Å². The van der Waals surface area contributed by atoms with Crippen molar-refractivity contribution in [3.63, 3.8) is 0 Å². The Morgan fingerprint density at radius 2 is 1.92 bits per heavy atom. The number of carbonyl (C=O) groups excluding carboxylic acids is 1. The third kappa shape index (κ3) is 2.70. The average molecular weight is 326 g/mol. The fourth-order valence-corrected chi connectivity index (χ4v) is 4.28. The molecule has 126 valence electrons. The van der Waals surface area contributed by atoms with E-state index in [1.165, 1.54) is 30.4 Å². The lowest BCUT2D eigenvalue weighted by Gasteiger charge is -2.29. The highest BCUT2D eigenvalue weighted by atomic mass is 16.2. The summed E-state index contributed by atoms with van der Waals surface area (Å²) in [6, 6.07) is 7.46. The van der Waals surface area contributed by atoms with E-state index < -0.39 is 0 Å². The molecule has 24 heavy (non-hydrogen) atoms. The van der Waals surface area contributed by atoms with Gasteiger partial charge in [0.25, 0.3) is 5.56 Å². The van der Waals surface area contributed by atoms with Crippen molar-refractivity contribution >= 4 is 16.8 Å². The summed E-state index contributed by atoms with van der Waals surface area (Å²) in [5.74, 6) is 0.631. The van der Waals surface area contributed by atoms with Crippen molar-refractivity contribution < 1.29 is 4.79 Å². The molecule has 2 fully saturated rings. The molecule has 1 saturated heterocycles. The number of benzene rings is 1. The lowest BCUT2D eigenvalue weighted by Crippen LogP contribution is -2.43. The standard InChI is InChI=1S/C18H22N4O2/c23-17(21-11-5-10-16(21)13-6-1-2-7-13)12-22-18(24)14-8-3-4-9-15(14)19-20-22/h3-4,8-9,13,16H,1-2,5-7,10-12H2/t16-/m1/s1. The largest absolute Gasteiger partial charge is 0.338 e. The van der Waals surface area contributed by atoms with E-state index in [0.29, 0.717) is 22.9 Å². The summed E-state index contributed by atoms with van der Waals surface area (Å²) in [6.07, 6.45) is 7.16. The molecule has 1 aliphatic heterocycles. The highest BCUT2D eigenvalue weighted by molar-refractivity contribution is 5.78. The minimum absolute atomic E-state index is 0.00363. The molecule has 1 saturated carbocycles. The summed E-state index contributed by atoms with van der Waals surface area (Å²) in [7, 11) is 0. The molecule has 2 aromatic rings. The maximum Gasteiger partial charge on any atom is 0.278 e. The van der Waals surface area contributed by atoms with Crippen molar-refractivity contribution in [2.45, 2.75) is 51.1 Å². The number of hydrogen-bond acceptors (Lipinski definition) is 4. The van der Waals surface area contributed by atoms with Crippen molar-refractivity contribution in [1.82, 2.24) is 19.9 Å². The van der Waals surface area contributed by atoms with Crippen LogP contribution in [0, 0.1) is 5.92 Å². The van der Waals surface area contributed by atoms with Crippen LogP contribution in [0.5, 0.6) is 0 Å². The van der Waals surface area contributed by atoms with Crippen LogP contribution in [-0.4, -0.2) is 38.4 Å². The number of fused-ring (bicyclic) bond motifs is 1. The van der Waals surface area contributed by atoms with E-state index in [9.17, 15) is 9.59 Å². The number of aromatic nitrogens is 3. The first-order valence-electron chi connectivity index (χ1n) is 8.86. The molecule has 6 nitrogen and oxygen atoms in total. The zero-order valence-electron chi connectivity index (χ0n) is 13.7. The molecule has 0 N–H and O–H groups in total. The van der Waals surface area contributed by atoms with Crippen molar-refractivity contribution in [3.8, 4) is 0 Å². The summed E-state index contributed by atoms with van der Waals surface area (Å²) < 4.78 is 1.20. The lowest BCUT2D eigenvalue weighted by atomic mass is 9.96. The van der Waals surface area contributed by atoms with Crippen LogP contribution < -0.4 is 5.56 Å². The van der Waals surface area contributed by atoms with Crippen LogP contribution in [0.4, 0.5) is 0 Å². The van der Waals surface area contributed by atoms with E-state index in [-0.39, 0.29) is 18.0 Å². The van der Waals surface area contributed by atoms with Gasteiger partial charge in [-0.1, -0.05) is 30.2 Å². The molecule has 1 atom stereocenters. The quantitative estimate of drug-likeness (QED) is 0.865. The fourth-order valence-electron chi connectivity index (χ4n) is 4.28. The van der Waals surface area contributed by atoms with E-state index in [1.807, 2.05) is 11.0 Å². The second-order valence-electron chi connectivity index (χ2n) is 6.91. The molecular weight excluding hydrogens is 304 g/mol. The Morgan fingerprint density at radius 1 is 1.12 bits per heavy atom. The molecule has 0 unspecified atom stereocenters. The van der Waals surface area contributed by atoms with Crippen LogP contribution in [-0.2, 0) is 11.3 Å². The van der Waals surface area contributed by atoms with Gasteiger partial charge >= 0.3 is 0 Å². The Balaban J connectivity index is 1.55. The van der Waals surface area contributed by atoms with Gasteiger partial charge in [0.1, 0.15) is 12.1 Å². The predicted octanol–water partition coefficient (Wildman–Crippen LogP) is 1.97. The summed E-state index contributed by atoms with van der Waals surface area (Å²) in [4.78, 5) is 27.3. The number of carbonyl (C=O) groups is 1. The molecule has 1 amide bonds. The zero-order valence-corrected chi connectivity index (χ0v) is 13.7. The number of hydrogen-bond donors (Lipinski definition) is 0. The maximum atomic E-state index is 12.8. The summed E-state index contributed by atoms with van der Waals surface area (Å²) in [5, 5.41) is 8.52. The number of likely N-dealkylation sites (tertiary alicyclic amines) is 1. The normalized spacial score (nSPS) is 21.7. The van der Waals surface area contributed by atoms with Crippen LogP contribution in [0.25, 0.3) is 10.9 Å². The Morgan fingerprint density at radius 3 is 2.75 bits per heavy atom. The van der Waals surface area contributed by atoms with Crippen LogP contribution in [0.2, 0.25) is 0 Å². The Labute approximate surface area is 140 Å². The zero-order chi connectivity index (χ0) is 16.5. The van der Waals surface area contributed by atoms with E-state index in [2.05, 4.69) is 10.3 Å². The molecule has 4 rings (SSSR count). The minimum atomic E-state index is -0.245. The monoisotopic (exact) mass is 326 g/mol. The summed E-state index contributed by atoms with van der Waals surface area (Å²) >= 11 is 0. The lowest BCUT2D eigenvalue weighted by molar-refractivity contribution is -0.133.